The molecule has 0 unspecified atom stereocenters. The zero-order valence-corrected chi connectivity index (χ0v) is 15.8. The van der Waals surface area contributed by atoms with Crippen LogP contribution in [0, 0.1) is 12.3 Å². The molecule has 2 aromatic rings. The molecule has 0 amide bonds. The van der Waals surface area contributed by atoms with Gasteiger partial charge in [0.05, 0.1) is 16.8 Å². The Morgan fingerprint density at radius 3 is 2.44 bits per heavy atom. The van der Waals surface area contributed by atoms with E-state index in [0.717, 1.165) is 11.1 Å². The number of nitrogens with two attached hydrogens (primary N) is 1. The number of hydrogen-bond acceptors (Lipinski definition) is 4. The minimum absolute atomic E-state index is 0.230. The van der Waals surface area contributed by atoms with Crippen molar-refractivity contribution in [2.75, 3.05) is 20.3 Å². The molecule has 0 saturated heterocycles. The second-order valence-electron chi connectivity index (χ2n) is 6.68. The van der Waals surface area contributed by atoms with Crippen molar-refractivity contribution in [1.29, 1.82) is 0 Å². The lowest BCUT2D eigenvalue weighted by atomic mass is 10.00. The average molecular weight is 380 g/mol. The Morgan fingerprint density at radius 1 is 1.20 bits per heavy atom. The molecule has 0 aliphatic heterocycles. The second-order valence-corrected chi connectivity index (χ2v) is 9.19. The van der Waals surface area contributed by atoms with Gasteiger partial charge in [-0.15, -0.1) is 0 Å². The number of sulfone groups is 1. The molecule has 3 rings (SSSR count). The molecule has 0 spiro atoms. The summed E-state index contributed by atoms with van der Waals surface area (Å²) in [6, 6.07) is 14.3. The van der Waals surface area contributed by atoms with Gasteiger partial charge in [-0.25, -0.2) is 8.42 Å². The summed E-state index contributed by atoms with van der Waals surface area (Å²) in [5.74, 6) is -0.234. The van der Waals surface area contributed by atoms with Crippen LogP contribution in [0.1, 0.15) is 17.0 Å². The van der Waals surface area contributed by atoms with Gasteiger partial charge in [0.15, 0.2) is 9.84 Å². The van der Waals surface area contributed by atoms with Crippen LogP contribution in [0.3, 0.4) is 0 Å². The van der Waals surface area contributed by atoms with E-state index in [0.29, 0.717) is 9.92 Å². The van der Waals surface area contributed by atoms with Crippen LogP contribution in [0.4, 0.5) is 0 Å². The van der Waals surface area contributed by atoms with Crippen molar-refractivity contribution in [1.82, 2.24) is 0 Å². The first-order chi connectivity index (χ1) is 11.9. The maximum Gasteiger partial charge on any atom is 0.182 e. The normalized spacial score (nSPS) is 25.8. The lowest BCUT2D eigenvalue weighted by molar-refractivity contribution is 0.142. The molecule has 2 N–H and O–H groups in total. The second kappa shape index (κ2) is 6.72. The first-order valence-electron chi connectivity index (χ1n) is 8.12. The van der Waals surface area contributed by atoms with E-state index in [1.165, 1.54) is 0 Å². The van der Waals surface area contributed by atoms with Crippen LogP contribution < -0.4 is 5.73 Å². The molecule has 0 heterocycles. The van der Waals surface area contributed by atoms with Crippen LogP contribution in [0.2, 0.25) is 5.02 Å². The van der Waals surface area contributed by atoms with Crippen LogP contribution in [0.15, 0.2) is 53.4 Å². The van der Waals surface area contributed by atoms with E-state index in [9.17, 15) is 8.42 Å². The number of hydrogen-bond donors (Lipinski definition) is 1. The van der Waals surface area contributed by atoms with Gasteiger partial charge in [0.2, 0.25) is 0 Å². The smallest absolute Gasteiger partial charge is 0.182 e. The van der Waals surface area contributed by atoms with Gasteiger partial charge in [-0.3, -0.25) is 0 Å². The summed E-state index contributed by atoms with van der Waals surface area (Å²) in [6.45, 7) is 2.45. The van der Waals surface area contributed by atoms with Crippen molar-refractivity contribution in [3.8, 4) is 0 Å². The molecule has 4 nitrogen and oxygen atoms in total. The molecule has 1 aliphatic carbocycles. The van der Waals surface area contributed by atoms with Crippen molar-refractivity contribution in [2.24, 2.45) is 11.1 Å². The molecular formula is C19H22ClNO3S. The third-order valence-electron chi connectivity index (χ3n) is 5.06. The maximum atomic E-state index is 13.3. The predicted molar refractivity (Wildman–Crippen MR) is 99.7 cm³/mol. The average Bonchev–Trinajstić information content (AvgIpc) is 3.26. The topological polar surface area (TPSA) is 69.4 Å². The van der Waals surface area contributed by atoms with Crippen molar-refractivity contribution < 1.29 is 13.2 Å². The number of rotatable bonds is 6. The Hall–Kier alpha value is -1.40. The maximum absolute atomic E-state index is 13.3. The molecule has 1 fully saturated rings. The number of ether oxygens (including phenoxy) is 1. The van der Waals surface area contributed by atoms with Gasteiger partial charge < -0.3 is 10.5 Å². The summed E-state index contributed by atoms with van der Waals surface area (Å²) in [5, 5.41) is -0.0367. The Balaban J connectivity index is 2.07. The molecule has 2 aromatic carbocycles. The zero-order chi connectivity index (χ0) is 18.2. The minimum Gasteiger partial charge on any atom is -0.384 e. The summed E-state index contributed by atoms with van der Waals surface area (Å²) in [5.41, 5.74) is 7.30. The standard InChI is InChI=1S/C19H22ClNO3S/c1-13-6-8-16(9-7-13)25(22,23)18-17(19(18,11-21)12-24-2)14-4-3-5-15(20)10-14/h3-10,17-18H,11-12,21H2,1-2H3/t17-,18-,19-/m1/s1. The Labute approximate surface area is 153 Å². The third kappa shape index (κ3) is 3.10. The van der Waals surface area contributed by atoms with Crippen molar-refractivity contribution in [3.05, 3.63) is 64.7 Å². The van der Waals surface area contributed by atoms with E-state index in [-0.39, 0.29) is 19.1 Å². The van der Waals surface area contributed by atoms with Crippen LogP contribution >= 0.6 is 11.6 Å². The molecule has 1 aliphatic rings. The monoisotopic (exact) mass is 379 g/mol. The number of halogens is 1. The van der Waals surface area contributed by atoms with Crippen LogP contribution in [-0.4, -0.2) is 33.9 Å². The van der Waals surface area contributed by atoms with Gasteiger partial charge in [0.1, 0.15) is 0 Å². The number of benzene rings is 2. The SMILES string of the molecule is COC[C@]1(CN)[C@H](c2cccc(Cl)c2)[C@H]1S(=O)(=O)c1ccc(C)cc1. The first kappa shape index (κ1) is 18.4. The molecule has 25 heavy (non-hydrogen) atoms. The molecule has 0 aromatic heterocycles. The highest BCUT2D eigenvalue weighted by atomic mass is 35.5. The molecule has 1 saturated carbocycles. The Morgan fingerprint density at radius 2 is 1.88 bits per heavy atom. The van der Waals surface area contributed by atoms with Crippen molar-refractivity contribution in [2.45, 2.75) is 23.0 Å². The molecular weight excluding hydrogens is 358 g/mol. The number of aryl methyl sites for hydroxylation is 1. The predicted octanol–water partition coefficient (Wildman–Crippen LogP) is 3.18. The van der Waals surface area contributed by atoms with E-state index in [2.05, 4.69) is 0 Å². The lowest BCUT2D eigenvalue weighted by Crippen LogP contribution is -2.28. The highest BCUT2D eigenvalue weighted by molar-refractivity contribution is 7.92. The van der Waals surface area contributed by atoms with Crippen LogP contribution in [0.25, 0.3) is 0 Å². The molecule has 0 bridgehead atoms. The Bertz CT molecular complexity index is 866. The summed E-state index contributed by atoms with van der Waals surface area (Å²) in [4.78, 5) is 0.321. The lowest BCUT2D eigenvalue weighted by Gasteiger charge is -2.15. The van der Waals surface area contributed by atoms with Crippen molar-refractivity contribution >= 4 is 21.4 Å². The highest BCUT2D eigenvalue weighted by Crippen LogP contribution is 2.63. The van der Waals surface area contributed by atoms with Crippen LogP contribution in [0.5, 0.6) is 0 Å². The Kier molecular flexibility index (Phi) is 4.95. The van der Waals surface area contributed by atoms with E-state index in [4.69, 9.17) is 22.1 Å². The van der Waals surface area contributed by atoms with Gasteiger partial charge in [-0.05, 0) is 36.8 Å². The fraction of sp³-hybridized carbons (Fsp3) is 0.368. The van der Waals surface area contributed by atoms with E-state index >= 15 is 0 Å². The molecule has 3 atom stereocenters. The minimum atomic E-state index is -3.54. The van der Waals surface area contributed by atoms with Gasteiger partial charge in [0.25, 0.3) is 0 Å². The fourth-order valence-electron chi connectivity index (χ4n) is 3.77. The first-order valence-corrected chi connectivity index (χ1v) is 10.0. The molecule has 134 valence electrons. The van der Waals surface area contributed by atoms with E-state index in [1.807, 2.05) is 37.3 Å². The summed E-state index contributed by atoms with van der Waals surface area (Å²) >= 11 is 6.11. The van der Waals surface area contributed by atoms with E-state index in [1.54, 1.807) is 25.3 Å². The van der Waals surface area contributed by atoms with E-state index < -0.39 is 20.5 Å². The van der Waals surface area contributed by atoms with Gasteiger partial charge in [0, 0.05) is 30.0 Å². The summed E-state index contributed by atoms with van der Waals surface area (Å²) in [7, 11) is -1.97. The summed E-state index contributed by atoms with van der Waals surface area (Å²) in [6.07, 6.45) is 0. The number of methoxy groups -OCH3 is 1. The molecule has 0 radical (unpaired) electrons. The zero-order valence-electron chi connectivity index (χ0n) is 14.3. The largest absolute Gasteiger partial charge is 0.384 e. The van der Waals surface area contributed by atoms with Gasteiger partial charge in [-0.2, -0.15) is 0 Å². The fourth-order valence-corrected chi connectivity index (χ4v) is 6.41. The van der Waals surface area contributed by atoms with Gasteiger partial charge >= 0.3 is 0 Å². The van der Waals surface area contributed by atoms with Gasteiger partial charge in [-0.1, -0.05) is 41.4 Å². The third-order valence-corrected chi connectivity index (χ3v) is 7.64. The summed E-state index contributed by atoms with van der Waals surface area (Å²) < 4.78 is 31.9. The van der Waals surface area contributed by atoms with Crippen LogP contribution in [-0.2, 0) is 14.6 Å². The van der Waals surface area contributed by atoms with Crippen molar-refractivity contribution in [3.63, 3.8) is 0 Å². The highest BCUT2D eigenvalue weighted by Gasteiger charge is 2.70. The quantitative estimate of drug-likeness (QED) is 0.836. The molecule has 6 heteroatoms.